The van der Waals surface area contributed by atoms with Crippen molar-refractivity contribution in [3.05, 3.63) is 86.7 Å². The highest BCUT2D eigenvalue weighted by Crippen LogP contribution is 2.29. The van der Waals surface area contributed by atoms with E-state index in [0.29, 0.717) is 55.5 Å². The number of fused-ring (bicyclic) bond motifs is 1. The number of ether oxygens (including phenoxy) is 1. The van der Waals surface area contributed by atoms with Gasteiger partial charge >= 0.3 is 0 Å². The van der Waals surface area contributed by atoms with Gasteiger partial charge in [-0.15, -0.1) is 0 Å². The molecule has 0 radical (unpaired) electrons. The minimum atomic E-state index is -0.266. The number of amides is 1. The summed E-state index contributed by atoms with van der Waals surface area (Å²) in [6.45, 7) is 0. The van der Waals surface area contributed by atoms with Gasteiger partial charge in [0.1, 0.15) is 11.3 Å². The molecular weight excluding hydrogens is 447 g/mol. The number of nitrogens with zero attached hydrogens (tertiary/aromatic N) is 1. The standard InChI is InChI=1S/C22H15Cl3N2O3/c1-29-19-7-4-13(9-16(19)24)22(28)26-15-5-2-12(3-6-15)8-20-27-18-11-14(23)10-17(25)21(18)30-20/h2-7,9-11H,8H2,1H3,(H,26,28). The van der Waals surface area contributed by atoms with Crippen LogP contribution in [0, 0.1) is 0 Å². The maximum absolute atomic E-state index is 12.4. The Balaban J connectivity index is 1.46. The lowest BCUT2D eigenvalue weighted by atomic mass is 10.1. The van der Waals surface area contributed by atoms with Crippen LogP contribution >= 0.6 is 34.8 Å². The average molecular weight is 462 g/mol. The fourth-order valence-electron chi connectivity index (χ4n) is 2.97. The van der Waals surface area contributed by atoms with E-state index in [1.54, 1.807) is 30.3 Å². The summed E-state index contributed by atoms with van der Waals surface area (Å²) in [5, 5.41) is 4.14. The summed E-state index contributed by atoms with van der Waals surface area (Å²) >= 11 is 18.2. The molecular formula is C22H15Cl3N2O3. The molecule has 4 aromatic rings. The van der Waals surface area contributed by atoms with Crippen molar-refractivity contribution in [2.75, 3.05) is 12.4 Å². The van der Waals surface area contributed by atoms with Gasteiger partial charge in [0.2, 0.25) is 0 Å². The number of hydrogen-bond donors (Lipinski definition) is 1. The van der Waals surface area contributed by atoms with Crippen molar-refractivity contribution in [3.8, 4) is 5.75 Å². The van der Waals surface area contributed by atoms with Crippen LogP contribution < -0.4 is 10.1 Å². The summed E-state index contributed by atoms with van der Waals surface area (Å²) in [5.74, 6) is 0.775. The Bertz CT molecular complexity index is 1240. The molecule has 152 valence electrons. The number of oxazole rings is 1. The predicted molar refractivity (Wildman–Crippen MR) is 119 cm³/mol. The van der Waals surface area contributed by atoms with E-state index in [1.807, 2.05) is 24.3 Å². The third-order valence-corrected chi connectivity index (χ3v) is 5.23. The normalized spacial score (nSPS) is 10.9. The van der Waals surface area contributed by atoms with E-state index in [1.165, 1.54) is 7.11 Å². The largest absolute Gasteiger partial charge is 0.495 e. The van der Waals surface area contributed by atoms with Gasteiger partial charge in [-0.3, -0.25) is 4.79 Å². The minimum Gasteiger partial charge on any atom is -0.495 e. The smallest absolute Gasteiger partial charge is 0.255 e. The number of carbonyl (C=O) groups is 1. The molecule has 0 atom stereocenters. The van der Waals surface area contributed by atoms with Crippen LogP contribution in [-0.2, 0) is 6.42 Å². The molecule has 0 aliphatic carbocycles. The van der Waals surface area contributed by atoms with Crippen LogP contribution in [0.4, 0.5) is 5.69 Å². The number of halogens is 3. The van der Waals surface area contributed by atoms with Crippen molar-refractivity contribution in [3.63, 3.8) is 0 Å². The van der Waals surface area contributed by atoms with Crippen molar-refractivity contribution >= 4 is 57.5 Å². The maximum atomic E-state index is 12.4. The van der Waals surface area contributed by atoms with Gasteiger partial charge in [-0.25, -0.2) is 4.98 Å². The quantitative estimate of drug-likeness (QED) is 0.362. The first-order valence-corrected chi connectivity index (χ1v) is 10.0. The highest BCUT2D eigenvalue weighted by Gasteiger charge is 2.12. The minimum absolute atomic E-state index is 0.266. The molecule has 0 bridgehead atoms. The Morgan fingerprint density at radius 3 is 2.50 bits per heavy atom. The van der Waals surface area contributed by atoms with Gasteiger partial charge in [-0.2, -0.15) is 0 Å². The van der Waals surface area contributed by atoms with Gasteiger partial charge in [-0.1, -0.05) is 46.9 Å². The molecule has 0 unspecified atom stereocenters. The summed E-state index contributed by atoms with van der Waals surface area (Å²) in [7, 11) is 1.52. The molecule has 3 aromatic carbocycles. The van der Waals surface area contributed by atoms with Crippen LogP contribution in [0.3, 0.4) is 0 Å². The van der Waals surface area contributed by atoms with Crippen molar-refractivity contribution in [2.24, 2.45) is 0 Å². The molecule has 0 fully saturated rings. The van der Waals surface area contributed by atoms with Crippen molar-refractivity contribution in [2.45, 2.75) is 6.42 Å². The predicted octanol–water partition coefficient (Wildman–Crippen LogP) is 6.64. The summed E-state index contributed by atoms with van der Waals surface area (Å²) in [6, 6.07) is 15.6. The number of carbonyl (C=O) groups excluding carboxylic acids is 1. The van der Waals surface area contributed by atoms with E-state index in [2.05, 4.69) is 10.3 Å². The van der Waals surface area contributed by atoms with Gasteiger partial charge in [0, 0.05) is 22.7 Å². The zero-order chi connectivity index (χ0) is 21.3. The fraction of sp³-hybridized carbons (Fsp3) is 0.0909. The van der Waals surface area contributed by atoms with Crippen LogP contribution in [0.1, 0.15) is 21.8 Å². The van der Waals surface area contributed by atoms with E-state index in [4.69, 9.17) is 44.0 Å². The zero-order valence-electron chi connectivity index (χ0n) is 15.7. The second-order valence-electron chi connectivity index (χ2n) is 6.52. The SMILES string of the molecule is COc1ccc(C(=O)Nc2ccc(Cc3nc4cc(Cl)cc(Cl)c4o3)cc2)cc1Cl. The Labute approximate surface area is 187 Å². The molecule has 1 aromatic heterocycles. The second-order valence-corrected chi connectivity index (χ2v) is 7.77. The third-order valence-electron chi connectivity index (χ3n) is 4.43. The number of hydrogen-bond acceptors (Lipinski definition) is 4. The number of benzene rings is 3. The second kappa shape index (κ2) is 8.56. The number of nitrogens with one attached hydrogen (secondary N) is 1. The summed E-state index contributed by atoms with van der Waals surface area (Å²) in [6.07, 6.45) is 0.477. The van der Waals surface area contributed by atoms with Crippen molar-refractivity contribution in [1.82, 2.24) is 4.98 Å². The molecule has 1 amide bonds. The van der Waals surface area contributed by atoms with Crippen LogP contribution in [0.2, 0.25) is 15.1 Å². The van der Waals surface area contributed by atoms with Gasteiger partial charge < -0.3 is 14.5 Å². The summed E-state index contributed by atoms with van der Waals surface area (Å²) < 4.78 is 10.8. The lowest BCUT2D eigenvalue weighted by molar-refractivity contribution is 0.102. The summed E-state index contributed by atoms with van der Waals surface area (Å²) in [5.41, 5.74) is 3.19. The van der Waals surface area contributed by atoms with Gasteiger partial charge in [0.05, 0.1) is 17.2 Å². The van der Waals surface area contributed by atoms with E-state index in [0.717, 1.165) is 5.56 Å². The number of rotatable bonds is 5. The fourth-order valence-corrected chi connectivity index (χ4v) is 3.75. The first kappa shape index (κ1) is 20.5. The number of anilines is 1. The zero-order valence-corrected chi connectivity index (χ0v) is 18.0. The average Bonchev–Trinajstić information content (AvgIpc) is 3.12. The molecule has 0 spiro atoms. The Kier molecular flexibility index (Phi) is 5.86. The lowest BCUT2D eigenvalue weighted by Crippen LogP contribution is -2.11. The Hall–Kier alpha value is -2.73. The number of aromatic nitrogens is 1. The molecule has 1 heterocycles. The lowest BCUT2D eigenvalue weighted by Gasteiger charge is -2.08. The van der Waals surface area contributed by atoms with E-state index < -0.39 is 0 Å². The molecule has 0 aliphatic heterocycles. The van der Waals surface area contributed by atoms with Crippen molar-refractivity contribution in [1.29, 1.82) is 0 Å². The van der Waals surface area contributed by atoms with Crippen LogP contribution in [0.15, 0.2) is 59.0 Å². The molecule has 8 heteroatoms. The first-order valence-electron chi connectivity index (χ1n) is 8.91. The highest BCUT2D eigenvalue weighted by atomic mass is 35.5. The molecule has 0 saturated heterocycles. The molecule has 0 saturated carbocycles. The topological polar surface area (TPSA) is 64.4 Å². The van der Waals surface area contributed by atoms with E-state index in [9.17, 15) is 4.79 Å². The van der Waals surface area contributed by atoms with Crippen molar-refractivity contribution < 1.29 is 13.9 Å². The molecule has 30 heavy (non-hydrogen) atoms. The highest BCUT2D eigenvalue weighted by molar-refractivity contribution is 6.38. The van der Waals surface area contributed by atoms with Gasteiger partial charge in [-0.05, 0) is 48.0 Å². The first-order chi connectivity index (χ1) is 14.4. The van der Waals surface area contributed by atoms with Crippen LogP contribution in [0.5, 0.6) is 5.75 Å². The molecule has 5 nitrogen and oxygen atoms in total. The summed E-state index contributed by atoms with van der Waals surface area (Å²) in [4.78, 5) is 16.9. The Morgan fingerprint density at radius 2 is 1.80 bits per heavy atom. The molecule has 4 rings (SSSR count). The van der Waals surface area contributed by atoms with E-state index >= 15 is 0 Å². The van der Waals surface area contributed by atoms with Crippen LogP contribution in [-0.4, -0.2) is 18.0 Å². The monoisotopic (exact) mass is 460 g/mol. The third kappa shape index (κ3) is 4.38. The molecule has 0 aliphatic rings. The van der Waals surface area contributed by atoms with E-state index in [-0.39, 0.29) is 5.91 Å². The van der Waals surface area contributed by atoms with Gasteiger partial charge in [0.15, 0.2) is 11.5 Å². The molecule has 1 N–H and O–H groups in total. The van der Waals surface area contributed by atoms with Gasteiger partial charge in [0.25, 0.3) is 5.91 Å². The Morgan fingerprint density at radius 1 is 1.03 bits per heavy atom. The van der Waals surface area contributed by atoms with Crippen LogP contribution in [0.25, 0.3) is 11.1 Å². The number of methoxy groups -OCH3 is 1. The maximum Gasteiger partial charge on any atom is 0.255 e.